The van der Waals surface area contributed by atoms with Crippen LogP contribution in [0.3, 0.4) is 0 Å². The quantitative estimate of drug-likeness (QED) is 0.726. The molecule has 0 aromatic carbocycles. The third-order valence-electron chi connectivity index (χ3n) is 3.22. The lowest BCUT2D eigenvalue weighted by atomic mass is 10.0. The number of nitrogens with zero attached hydrogens (tertiary/aromatic N) is 1. The van der Waals surface area contributed by atoms with Crippen LogP contribution in [0.4, 0.5) is 4.79 Å². The SMILES string of the molecule is CS(=O)(=O)OC1CC2CC[C@@H](C1)N2C(=O)O. The molecule has 0 saturated carbocycles. The van der Waals surface area contributed by atoms with Gasteiger partial charge in [-0.2, -0.15) is 8.42 Å². The Morgan fingerprint density at radius 3 is 2.19 bits per heavy atom. The first kappa shape index (κ1) is 11.7. The van der Waals surface area contributed by atoms with Gasteiger partial charge in [0.1, 0.15) is 0 Å². The molecule has 2 saturated heterocycles. The molecule has 2 aliphatic heterocycles. The van der Waals surface area contributed by atoms with Crippen LogP contribution in [0.25, 0.3) is 0 Å². The molecular formula is C9H15NO5S. The molecule has 1 amide bonds. The maximum Gasteiger partial charge on any atom is 0.407 e. The number of carboxylic acid groups (broad SMARTS) is 1. The molecule has 3 atom stereocenters. The van der Waals surface area contributed by atoms with Crippen molar-refractivity contribution in [1.29, 1.82) is 0 Å². The summed E-state index contributed by atoms with van der Waals surface area (Å²) in [6.45, 7) is 0. The van der Waals surface area contributed by atoms with E-state index in [9.17, 15) is 13.2 Å². The Labute approximate surface area is 94.3 Å². The Morgan fingerprint density at radius 2 is 1.81 bits per heavy atom. The first-order chi connectivity index (χ1) is 7.37. The summed E-state index contributed by atoms with van der Waals surface area (Å²) in [6, 6.07) is -0.161. The Morgan fingerprint density at radius 1 is 1.31 bits per heavy atom. The zero-order valence-electron chi connectivity index (χ0n) is 9.00. The van der Waals surface area contributed by atoms with E-state index in [1.165, 1.54) is 4.90 Å². The van der Waals surface area contributed by atoms with E-state index in [1.54, 1.807) is 0 Å². The number of piperidine rings is 1. The van der Waals surface area contributed by atoms with Crippen molar-refractivity contribution in [2.45, 2.75) is 43.9 Å². The maximum atomic E-state index is 11.0. The minimum Gasteiger partial charge on any atom is -0.465 e. The van der Waals surface area contributed by atoms with Crippen LogP contribution < -0.4 is 0 Å². The molecule has 2 rings (SSSR count). The number of carbonyl (C=O) groups is 1. The van der Waals surface area contributed by atoms with E-state index in [2.05, 4.69) is 0 Å². The lowest BCUT2D eigenvalue weighted by Crippen LogP contribution is -2.48. The fourth-order valence-corrected chi connectivity index (χ4v) is 3.42. The highest BCUT2D eigenvalue weighted by Crippen LogP contribution is 2.37. The molecule has 2 fully saturated rings. The van der Waals surface area contributed by atoms with Crippen molar-refractivity contribution in [3.63, 3.8) is 0 Å². The highest BCUT2D eigenvalue weighted by molar-refractivity contribution is 7.86. The van der Waals surface area contributed by atoms with Crippen LogP contribution in [-0.4, -0.2) is 49.0 Å². The van der Waals surface area contributed by atoms with Crippen LogP contribution in [-0.2, 0) is 14.3 Å². The molecule has 0 spiro atoms. The van der Waals surface area contributed by atoms with E-state index in [4.69, 9.17) is 9.29 Å². The van der Waals surface area contributed by atoms with Gasteiger partial charge in [-0.1, -0.05) is 0 Å². The van der Waals surface area contributed by atoms with Crippen molar-refractivity contribution in [1.82, 2.24) is 4.90 Å². The zero-order valence-corrected chi connectivity index (χ0v) is 9.81. The third-order valence-corrected chi connectivity index (χ3v) is 3.84. The molecule has 0 aromatic rings. The molecule has 6 nitrogen and oxygen atoms in total. The van der Waals surface area contributed by atoms with Gasteiger partial charge in [0.25, 0.3) is 10.1 Å². The largest absolute Gasteiger partial charge is 0.465 e. The van der Waals surface area contributed by atoms with Gasteiger partial charge in [0.15, 0.2) is 0 Å². The second kappa shape index (κ2) is 3.89. The van der Waals surface area contributed by atoms with Crippen LogP contribution in [0, 0.1) is 0 Å². The fraction of sp³-hybridized carbons (Fsp3) is 0.889. The van der Waals surface area contributed by atoms with Crippen LogP contribution in [0.5, 0.6) is 0 Å². The molecule has 2 unspecified atom stereocenters. The van der Waals surface area contributed by atoms with E-state index < -0.39 is 16.2 Å². The second-order valence-electron chi connectivity index (χ2n) is 4.47. The smallest absolute Gasteiger partial charge is 0.407 e. The van der Waals surface area contributed by atoms with Gasteiger partial charge in [-0.05, 0) is 25.7 Å². The molecule has 2 aliphatic rings. The van der Waals surface area contributed by atoms with E-state index in [0.717, 1.165) is 19.1 Å². The lowest BCUT2D eigenvalue weighted by Gasteiger charge is -2.36. The summed E-state index contributed by atoms with van der Waals surface area (Å²) in [6.07, 6.45) is 2.33. The minimum atomic E-state index is -3.45. The molecule has 2 heterocycles. The van der Waals surface area contributed by atoms with Crippen molar-refractivity contribution in [3.05, 3.63) is 0 Å². The Balaban J connectivity index is 2.05. The number of rotatable bonds is 2. The van der Waals surface area contributed by atoms with Crippen molar-refractivity contribution in [2.75, 3.05) is 6.26 Å². The number of hydrogen-bond acceptors (Lipinski definition) is 4. The summed E-state index contributed by atoms with van der Waals surface area (Å²) < 4.78 is 26.9. The summed E-state index contributed by atoms with van der Waals surface area (Å²) in [4.78, 5) is 12.4. The third kappa shape index (κ3) is 2.30. The van der Waals surface area contributed by atoms with E-state index in [0.29, 0.717) is 12.8 Å². The van der Waals surface area contributed by atoms with Gasteiger partial charge >= 0.3 is 6.09 Å². The van der Waals surface area contributed by atoms with Crippen LogP contribution >= 0.6 is 0 Å². The number of amides is 1. The average molecular weight is 249 g/mol. The molecule has 16 heavy (non-hydrogen) atoms. The predicted molar refractivity (Wildman–Crippen MR) is 55.6 cm³/mol. The highest BCUT2D eigenvalue weighted by atomic mass is 32.2. The first-order valence-corrected chi connectivity index (χ1v) is 7.08. The van der Waals surface area contributed by atoms with Crippen LogP contribution in [0.2, 0.25) is 0 Å². The Hall–Kier alpha value is -0.820. The number of fused-ring (bicyclic) bond motifs is 2. The Kier molecular flexibility index (Phi) is 2.83. The van der Waals surface area contributed by atoms with Gasteiger partial charge in [0.2, 0.25) is 0 Å². The molecule has 7 heteroatoms. The molecular weight excluding hydrogens is 234 g/mol. The fourth-order valence-electron chi connectivity index (χ4n) is 2.77. The van der Waals surface area contributed by atoms with E-state index in [-0.39, 0.29) is 18.2 Å². The summed E-state index contributed by atoms with van der Waals surface area (Å²) >= 11 is 0. The summed E-state index contributed by atoms with van der Waals surface area (Å²) in [5.74, 6) is 0. The van der Waals surface area contributed by atoms with E-state index >= 15 is 0 Å². The van der Waals surface area contributed by atoms with Gasteiger partial charge in [0.05, 0.1) is 12.4 Å². The molecule has 1 N–H and O–H groups in total. The average Bonchev–Trinajstić information content (AvgIpc) is 2.36. The van der Waals surface area contributed by atoms with Gasteiger partial charge < -0.3 is 10.0 Å². The van der Waals surface area contributed by atoms with E-state index in [1.807, 2.05) is 0 Å². The molecule has 0 aromatic heterocycles. The molecule has 0 radical (unpaired) electrons. The van der Waals surface area contributed by atoms with Gasteiger partial charge in [-0.25, -0.2) is 4.79 Å². The first-order valence-electron chi connectivity index (χ1n) is 5.26. The standard InChI is InChI=1S/C9H15NO5S/c1-16(13,14)15-8-4-6-2-3-7(5-8)10(6)9(11)12/h6-8H,2-5H2,1H3,(H,11,12)/t6-,7?,8?/m0/s1. The number of hydrogen-bond donors (Lipinski definition) is 1. The predicted octanol–water partition coefficient (Wildman–Crippen LogP) is 0.636. The van der Waals surface area contributed by atoms with Gasteiger partial charge in [0, 0.05) is 12.1 Å². The second-order valence-corrected chi connectivity index (χ2v) is 6.07. The molecule has 92 valence electrons. The monoisotopic (exact) mass is 249 g/mol. The minimum absolute atomic E-state index is 0.0806. The van der Waals surface area contributed by atoms with Crippen molar-refractivity contribution >= 4 is 16.2 Å². The van der Waals surface area contributed by atoms with Crippen LogP contribution in [0.15, 0.2) is 0 Å². The zero-order chi connectivity index (χ0) is 11.9. The maximum absolute atomic E-state index is 11.0. The summed E-state index contributed by atoms with van der Waals surface area (Å²) in [7, 11) is -3.45. The van der Waals surface area contributed by atoms with Crippen LogP contribution in [0.1, 0.15) is 25.7 Å². The van der Waals surface area contributed by atoms with Crippen molar-refractivity contribution in [2.24, 2.45) is 0 Å². The molecule has 2 bridgehead atoms. The normalized spacial score (nSPS) is 34.1. The van der Waals surface area contributed by atoms with Crippen molar-refractivity contribution < 1.29 is 22.5 Å². The summed E-state index contributed by atoms with van der Waals surface area (Å²) in [5.41, 5.74) is 0. The topological polar surface area (TPSA) is 83.9 Å². The lowest BCUT2D eigenvalue weighted by molar-refractivity contribution is 0.0530. The molecule has 0 aliphatic carbocycles. The summed E-state index contributed by atoms with van der Waals surface area (Å²) in [5, 5.41) is 9.00. The highest BCUT2D eigenvalue weighted by Gasteiger charge is 2.44. The van der Waals surface area contributed by atoms with Gasteiger partial charge in [-0.3, -0.25) is 4.18 Å². The van der Waals surface area contributed by atoms with Gasteiger partial charge in [-0.15, -0.1) is 0 Å². The van der Waals surface area contributed by atoms with Crippen molar-refractivity contribution in [3.8, 4) is 0 Å². The Bertz CT molecular complexity index is 379.